The van der Waals surface area contributed by atoms with Crippen LogP contribution in [0.4, 0.5) is 25.8 Å². The Bertz CT molecular complexity index is 787. The van der Waals surface area contributed by atoms with Gasteiger partial charge in [-0.1, -0.05) is 6.92 Å². The maximum atomic E-state index is 13.7. The molecule has 1 heterocycles. The monoisotopic (exact) mass is 373 g/mol. The Balaban J connectivity index is 1.57. The maximum absolute atomic E-state index is 13.7. The van der Waals surface area contributed by atoms with Gasteiger partial charge in [-0.05, 0) is 62.1 Å². The molecule has 1 amide bonds. The van der Waals surface area contributed by atoms with E-state index in [0.717, 1.165) is 36.8 Å². The van der Waals surface area contributed by atoms with E-state index in [-0.39, 0.29) is 5.69 Å². The number of piperidine rings is 1. The highest BCUT2D eigenvalue weighted by Crippen LogP contribution is 2.24. The summed E-state index contributed by atoms with van der Waals surface area (Å²) in [6.45, 7) is 6.11. The molecule has 0 aromatic heterocycles. The normalized spacial score (nSPS) is 16.1. The number of nitrogens with one attached hydrogen (secondary N) is 2. The van der Waals surface area contributed by atoms with Crippen LogP contribution in [0.1, 0.15) is 26.7 Å². The smallest absolute Gasteiger partial charge is 0.246 e. The second-order valence-electron chi connectivity index (χ2n) is 7.20. The van der Waals surface area contributed by atoms with Crippen molar-refractivity contribution in [2.45, 2.75) is 32.7 Å². The van der Waals surface area contributed by atoms with E-state index in [4.69, 9.17) is 0 Å². The van der Waals surface area contributed by atoms with Crippen molar-refractivity contribution in [3.05, 3.63) is 54.1 Å². The number of anilines is 3. The van der Waals surface area contributed by atoms with E-state index >= 15 is 0 Å². The third-order valence-corrected chi connectivity index (χ3v) is 4.98. The molecule has 3 rings (SSSR count). The molecule has 0 spiro atoms. The summed E-state index contributed by atoms with van der Waals surface area (Å²) in [4.78, 5) is 14.6. The average Bonchev–Trinajstić information content (AvgIpc) is 2.65. The van der Waals surface area contributed by atoms with Crippen molar-refractivity contribution in [2.24, 2.45) is 5.92 Å². The van der Waals surface area contributed by atoms with Gasteiger partial charge in [-0.15, -0.1) is 0 Å². The number of carbonyl (C=O) groups excluding carboxylic acids is 1. The van der Waals surface area contributed by atoms with Crippen LogP contribution in [-0.2, 0) is 4.79 Å². The number of halogens is 2. The zero-order valence-corrected chi connectivity index (χ0v) is 15.6. The highest BCUT2D eigenvalue weighted by atomic mass is 19.1. The Morgan fingerprint density at radius 2 is 1.78 bits per heavy atom. The highest BCUT2D eigenvalue weighted by molar-refractivity contribution is 5.96. The minimum atomic E-state index is -0.796. The van der Waals surface area contributed by atoms with Crippen molar-refractivity contribution < 1.29 is 13.6 Å². The first-order chi connectivity index (χ1) is 12.9. The summed E-state index contributed by atoms with van der Waals surface area (Å²) in [6, 6.07) is 10.5. The fourth-order valence-corrected chi connectivity index (χ4v) is 3.18. The van der Waals surface area contributed by atoms with Crippen molar-refractivity contribution in [1.29, 1.82) is 0 Å². The van der Waals surface area contributed by atoms with Crippen LogP contribution in [0.3, 0.4) is 0 Å². The van der Waals surface area contributed by atoms with Crippen molar-refractivity contribution >= 4 is 23.0 Å². The van der Waals surface area contributed by atoms with Gasteiger partial charge in [0.2, 0.25) is 5.91 Å². The minimum absolute atomic E-state index is 0.0373. The number of amides is 1. The molecular formula is C21H25F2N3O. The Kier molecular flexibility index (Phi) is 5.94. The quantitative estimate of drug-likeness (QED) is 0.802. The number of nitrogens with zero attached hydrogens (tertiary/aromatic N) is 1. The Morgan fingerprint density at radius 1 is 1.11 bits per heavy atom. The summed E-state index contributed by atoms with van der Waals surface area (Å²) >= 11 is 0. The minimum Gasteiger partial charge on any atom is -0.374 e. The SMILES string of the molecule is CC1CCN(c2ccc(N[C@@H](C)C(=O)Nc3ccc(F)cc3F)cc2)CC1. The maximum Gasteiger partial charge on any atom is 0.246 e. The lowest BCUT2D eigenvalue weighted by Gasteiger charge is -2.32. The zero-order chi connectivity index (χ0) is 19.4. The largest absolute Gasteiger partial charge is 0.374 e. The van der Waals surface area contributed by atoms with E-state index < -0.39 is 23.6 Å². The lowest BCUT2D eigenvalue weighted by molar-refractivity contribution is -0.116. The summed E-state index contributed by atoms with van der Waals surface area (Å²) in [5.74, 6) is -1.09. The van der Waals surface area contributed by atoms with Gasteiger partial charge in [0, 0.05) is 30.5 Å². The van der Waals surface area contributed by atoms with Crippen molar-refractivity contribution in [3.8, 4) is 0 Å². The molecule has 0 aliphatic carbocycles. The number of hydrogen-bond acceptors (Lipinski definition) is 3. The molecule has 0 bridgehead atoms. The van der Waals surface area contributed by atoms with Crippen LogP contribution in [0.2, 0.25) is 0 Å². The second kappa shape index (κ2) is 8.37. The summed E-state index contributed by atoms with van der Waals surface area (Å²) < 4.78 is 26.6. The molecule has 144 valence electrons. The molecule has 27 heavy (non-hydrogen) atoms. The van der Waals surface area contributed by atoms with Crippen LogP contribution < -0.4 is 15.5 Å². The van der Waals surface area contributed by atoms with Crippen LogP contribution in [0.15, 0.2) is 42.5 Å². The van der Waals surface area contributed by atoms with Crippen molar-refractivity contribution in [3.63, 3.8) is 0 Å². The summed E-state index contributed by atoms with van der Waals surface area (Å²) in [7, 11) is 0. The molecule has 4 nitrogen and oxygen atoms in total. The topological polar surface area (TPSA) is 44.4 Å². The van der Waals surface area contributed by atoms with Crippen LogP contribution >= 0.6 is 0 Å². The lowest BCUT2D eigenvalue weighted by atomic mass is 9.99. The predicted octanol–water partition coefficient (Wildman–Crippen LogP) is 4.64. The van der Waals surface area contributed by atoms with Crippen LogP contribution in [0.25, 0.3) is 0 Å². The van der Waals surface area contributed by atoms with Gasteiger partial charge in [-0.2, -0.15) is 0 Å². The fraction of sp³-hybridized carbons (Fsp3) is 0.381. The fourth-order valence-electron chi connectivity index (χ4n) is 3.18. The van der Waals surface area contributed by atoms with Gasteiger partial charge in [-0.3, -0.25) is 4.79 Å². The van der Waals surface area contributed by atoms with Crippen molar-refractivity contribution in [1.82, 2.24) is 0 Å². The first kappa shape index (κ1) is 19.1. The van der Waals surface area contributed by atoms with E-state index in [2.05, 4.69) is 22.5 Å². The van der Waals surface area contributed by atoms with Crippen LogP contribution in [0, 0.1) is 17.6 Å². The van der Waals surface area contributed by atoms with Gasteiger partial charge in [0.25, 0.3) is 0 Å². The third kappa shape index (κ3) is 4.96. The highest BCUT2D eigenvalue weighted by Gasteiger charge is 2.17. The molecule has 0 radical (unpaired) electrons. The molecule has 1 atom stereocenters. The van der Waals surface area contributed by atoms with E-state index in [1.807, 2.05) is 24.3 Å². The molecule has 0 saturated carbocycles. The Morgan fingerprint density at radius 3 is 2.41 bits per heavy atom. The summed E-state index contributed by atoms with van der Waals surface area (Å²) in [5, 5.41) is 5.58. The number of rotatable bonds is 5. The van der Waals surface area contributed by atoms with Gasteiger partial charge in [0.15, 0.2) is 0 Å². The van der Waals surface area contributed by atoms with Gasteiger partial charge in [-0.25, -0.2) is 8.78 Å². The van der Waals surface area contributed by atoms with Gasteiger partial charge in [0.1, 0.15) is 17.7 Å². The number of benzene rings is 2. The third-order valence-electron chi connectivity index (χ3n) is 4.98. The summed E-state index contributed by atoms with van der Waals surface area (Å²) in [6.07, 6.45) is 2.41. The van der Waals surface area contributed by atoms with E-state index in [1.54, 1.807) is 6.92 Å². The standard InChI is InChI=1S/C21H25F2N3O/c1-14-9-11-26(12-10-14)18-6-4-17(5-7-18)24-15(2)21(27)25-20-8-3-16(22)13-19(20)23/h3-8,13-15,24H,9-12H2,1-2H3,(H,25,27)/t15-/m0/s1. The van der Waals surface area contributed by atoms with Crippen LogP contribution in [-0.4, -0.2) is 25.0 Å². The molecule has 1 aliphatic heterocycles. The lowest BCUT2D eigenvalue weighted by Crippen LogP contribution is -2.33. The molecule has 2 aromatic rings. The van der Waals surface area contributed by atoms with Gasteiger partial charge < -0.3 is 15.5 Å². The molecule has 1 saturated heterocycles. The van der Waals surface area contributed by atoms with Gasteiger partial charge >= 0.3 is 0 Å². The molecule has 0 unspecified atom stereocenters. The molecule has 6 heteroatoms. The van der Waals surface area contributed by atoms with E-state index in [1.165, 1.54) is 24.6 Å². The molecule has 1 fully saturated rings. The number of carbonyl (C=O) groups is 1. The predicted molar refractivity (Wildman–Crippen MR) is 105 cm³/mol. The van der Waals surface area contributed by atoms with Crippen molar-refractivity contribution in [2.75, 3.05) is 28.6 Å². The van der Waals surface area contributed by atoms with Crippen LogP contribution in [0.5, 0.6) is 0 Å². The second-order valence-corrected chi connectivity index (χ2v) is 7.20. The molecular weight excluding hydrogens is 348 g/mol. The molecule has 2 aromatic carbocycles. The average molecular weight is 373 g/mol. The Labute approximate surface area is 158 Å². The zero-order valence-electron chi connectivity index (χ0n) is 15.6. The molecule has 1 aliphatic rings. The van der Waals surface area contributed by atoms with E-state index in [0.29, 0.717) is 0 Å². The molecule has 2 N–H and O–H groups in total. The first-order valence-corrected chi connectivity index (χ1v) is 9.30. The summed E-state index contributed by atoms with van der Waals surface area (Å²) in [5.41, 5.74) is 1.95. The Hall–Kier alpha value is -2.63. The van der Waals surface area contributed by atoms with Gasteiger partial charge in [0.05, 0.1) is 5.69 Å². The van der Waals surface area contributed by atoms with E-state index in [9.17, 15) is 13.6 Å². The number of hydrogen-bond donors (Lipinski definition) is 2. The first-order valence-electron chi connectivity index (χ1n) is 9.30.